The number of benzene rings is 1. The van der Waals surface area contributed by atoms with Crippen molar-refractivity contribution in [2.75, 3.05) is 11.5 Å². The van der Waals surface area contributed by atoms with E-state index in [1.807, 2.05) is 0 Å². The lowest BCUT2D eigenvalue weighted by molar-refractivity contribution is -0.384. The molecule has 21 heavy (non-hydrogen) atoms. The summed E-state index contributed by atoms with van der Waals surface area (Å²) in [5, 5.41) is 15.0. The molecule has 0 bridgehead atoms. The van der Waals surface area contributed by atoms with Crippen LogP contribution < -0.4 is 11.5 Å². The predicted molar refractivity (Wildman–Crippen MR) is 75.5 cm³/mol. The van der Waals surface area contributed by atoms with Crippen LogP contribution in [0.15, 0.2) is 30.3 Å². The van der Waals surface area contributed by atoms with E-state index < -0.39 is 4.92 Å². The van der Waals surface area contributed by atoms with Crippen LogP contribution in [0.4, 0.5) is 17.6 Å². The minimum absolute atomic E-state index is 0.0415. The summed E-state index contributed by atoms with van der Waals surface area (Å²) >= 11 is 0. The Morgan fingerprint density at radius 1 is 1.24 bits per heavy atom. The molecule has 3 aromatic rings. The van der Waals surface area contributed by atoms with E-state index in [1.165, 1.54) is 16.6 Å². The van der Waals surface area contributed by atoms with Crippen molar-refractivity contribution in [2.24, 2.45) is 0 Å². The highest BCUT2D eigenvalue weighted by Crippen LogP contribution is 2.17. The number of nitrogen functional groups attached to an aromatic ring is 2. The molecule has 2 heterocycles. The minimum atomic E-state index is -0.433. The zero-order valence-corrected chi connectivity index (χ0v) is 10.8. The van der Waals surface area contributed by atoms with Crippen molar-refractivity contribution in [2.45, 2.75) is 6.42 Å². The van der Waals surface area contributed by atoms with Gasteiger partial charge in [-0.25, -0.2) is 0 Å². The highest BCUT2D eigenvalue weighted by atomic mass is 16.6. The molecule has 9 heteroatoms. The molecule has 0 spiro atoms. The first-order chi connectivity index (χ1) is 10.0. The number of anilines is 2. The number of non-ortho nitro benzene ring substituents is 1. The molecule has 0 saturated heterocycles. The van der Waals surface area contributed by atoms with Gasteiger partial charge in [-0.15, -0.1) is 0 Å². The SMILES string of the molecule is Nc1nc(N)n2nc(Cc3cccc([N+](=O)[O-])c3)cc2n1. The molecule has 0 aliphatic carbocycles. The number of hydrogen-bond acceptors (Lipinski definition) is 7. The molecule has 106 valence electrons. The molecule has 9 nitrogen and oxygen atoms in total. The Bertz CT molecular complexity index is 843. The van der Waals surface area contributed by atoms with E-state index in [9.17, 15) is 10.1 Å². The van der Waals surface area contributed by atoms with Crippen molar-refractivity contribution in [1.82, 2.24) is 19.6 Å². The predicted octanol–water partition coefficient (Wildman–Crippen LogP) is 0.788. The van der Waals surface area contributed by atoms with Crippen molar-refractivity contribution in [3.63, 3.8) is 0 Å². The minimum Gasteiger partial charge on any atom is -0.368 e. The molecule has 0 radical (unpaired) electrons. The van der Waals surface area contributed by atoms with Crippen LogP contribution in [-0.4, -0.2) is 24.5 Å². The normalized spacial score (nSPS) is 10.9. The van der Waals surface area contributed by atoms with Crippen molar-refractivity contribution < 1.29 is 4.92 Å². The summed E-state index contributed by atoms with van der Waals surface area (Å²) in [5.74, 6) is 0.213. The van der Waals surface area contributed by atoms with Gasteiger partial charge < -0.3 is 11.5 Å². The molecule has 1 aromatic carbocycles. The van der Waals surface area contributed by atoms with Gasteiger partial charge in [-0.2, -0.15) is 19.6 Å². The van der Waals surface area contributed by atoms with Crippen LogP contribution in [0, 0.1) is 10.1 Å². The van der Waals surface area contributed by atoms with Gasteiger partial charge in [-0.05, 0) is 5.56 Å². The highest BCUT2D eigenvalue weighted by molar-refractivity contribution is 5.48. The van der Waals surface area contributed by atoms with E-state index in [-0.39, 0.29) is 17.6 Å². The Balaban J connectivity index is 1.96. The molecule has 0 fully saturated rings. The molecule has 3 rings (SSSR count). The van der Waals surface area contributed by atoms with E-state index in [0.717, 1.165) is 5.56 Å². The molecular weight excluding hydrogens is 274 g/mol. The monoisotopic (exact) mass is 285 g/mol. The van der Waals surface area contributed by atoms with Gasteiger partial charge in [0.15, 0.2) is 5.65 Å². The van der Waals surface area contributed by atoms with E-state index in [1.54, 1.807) is 18.2 Å². The fourth-order valence-electron chi connectivity index (χ4n) is 2.05. The maximum atomic E-state index is 10.8. The standard InChI is InChI=1S/C12H11N7O2/c13-11-15-10-6-8(17-18(10)12(14)16-11)4-7-2-1-3-9(5-7)19(20)21/h1-3,5-6H,4H2,(H4,13,14,15,16). The third kappa shape index (κ3) is 2.43. The zero-order valence-electron chi connectivity index (χ0n) is 10.8. The zero-order chi connectivity index (χ0) is 15.0. The van der Waals surface area contributed by atoms with Crippen LogP contribution in [0.5, 0.6) is 0 Å². The molecule has 0 atom stereocenters. The summed E-state index contributed by atoms with van der Waals surface area (Å²) < 4.78 is 1.38. The lowest BCUT2D eigenvalue weighted by atomic mass is 10.1. The fraction of sp³-hybridized carbons (Fsp3) is 0.0833. The molecular formula is C12H11N7O2. The largest absolute Gasteiger partial charge is 0.368 e. The Morgan fingerprint density at radius 3 is 2.81 bits per heavy atom. The van der Waals surface area contributed by atoms with Crippen LogP contribution in [0.2, 0.25) is 0 Å². The number of nitrogens with two attached hydrogens (primary N) is 2. The third-order valence-electron chi connectivity index (χ3n) is 2.92. The summed E-state index contributed by atoms with van der Waals surface area (Å²) in [4.78, 5) is 18.2. The summed E-state index contributed by atoms with van der Waals surface area (Å²) in [6.07, 6.45) is 0.421. The molecule has 0 saturated carbocycles. The van der Waals surface area contributed by atoms with Crippen LogP contribution in [0.25, 0.3) is 5.65 Å². The second kappa shape index (κ2) is 4.71. The first-order valence-electron chi connectivity index (χ1n) is 6.04. The van der Waals surface area contributed by atoms with Gasteiger partial charge in [-0.1, -0.05) is 12.1 Å². The number of nitro benzene ring substituents is 1. The Hall–Kier alpha value is -3.23. The molecule has 2 aromatic heterocycles. The van der Waals surface area contributed by atoms with Crippen LogP contribution >= 0.6 is 0 Å². The molecule has 0 amide bonds. The number of nitrogens with zero attached hydrogens (tertiary/aromatic N) is 5. The van der Waals surface area contributed by atoms with Gasteiger partial charge in [0, 0.05) is 24.6 Å². The Morgan fingerprint density at radius 2 is 2.05 bits per heavy atom. The van der Waals surface area contributed by atoms with Crippen LogP contribution in [0.1, 0.15) is 11.3 Å². The average molecular weight is 285 g/mol. The van der Waals surface area contributed by atoms with Gasteiger partial charge in [0.1, 0.15) is 0 Å². The number of hydrogen-bond donors (Lipinski definition) is 2. The van der Waals surface area contributed by atoms with E-state index >= 15 is 0 Å². The average Bonchev–Trinajstić information content (AvgIpc) is 2.81. The van der Waals surface area contributed by atoms with Crippen molar-refractivity contribution >= 4 is 23.2 Å². The van der Waals surface area contributed by atoms with E-state index in [2.05, 4.69) is 15.1 Å². The summed E-state index contributed by atoms with van der Waals surface area (Å²) in [6.45, 7) is 0. The Labute approximate surface area is 118 Å². The fourth-order valence-corrected chi connectivity index (χ4v) is 2.05. The van der Waals surface area contributed by atoms with Crippen molar-refractivity contribution in [3.8, 4) is 0 Å². The van der Waals surface area contributed by atoms with Crippen molar-refractivity contribution in [1.29, 1.82) is 0 Å². The number of fused-ring (bicyclic) bond motifs is 1. The number of rotatable bonds is 3. The topological polar surface area (TPSA) is 138 Å². The van der Waals surface area contributed by atoms with Crippen LogP contribution in [-0.2, 0) is 6.42 Å². The molecule has 0 aliphatic heterocycles. The quantitative estimate of drug-likeness (QED) is 0.535. The lowest BCUT2D eigenvalue weighted by Crippen LogP contribution is -2.06. The van der Waals surface area contributed by atoms with Crippen molar-refractivity contribution in [3.05, 3.63) is 51.7 Å². The van der Waals surface area contributed by atoms with Gasteiger partial charge >= 0.3 is 0 Å². The first-order valence-corrected chi connectivity index (χ1v) is 6.04. The van der Waals surface area contributed by atoms with Crippen LogP contribution in [0.3, 0.4) is 0 Å². The van der Waals surface area contributed by atoms with Gasteiger partial charge in [0.2, 0.25) is 11.9 Å². The third-order valence-corrected chi connectivity index (χ3v) is 2.92. The first kappa shape index (κ1) is 12.8. The second-order valence-electron chi connectivity index (χ2n) is 4.45. The highest BCUT2D eigenvalue weighted by Gasteiger charge is 2.10. The van der Waals surface area contributed by atoms with E-state index in [4.69, 9.17) is 11.5 Å². The number of nitro groups is 1. The smallest absolute Gasteiger partial charge is 0.269 e. The second-order valence-corrected chi connectivity index (χ2v) is 4.45. The Kier molecular flexibility index (Phi) is 2.87. The van der Waals surface area contributed by atoms with Gasteiger partial charge in [0.05, 0.1) is 10.6 Å². The molecule has 0 unspecified atom stereocenters. The molecule has 0 aliphatic rings. The molecule has 4 N–H and O–H groups in total. The van der Waals surface area contributed by atoms with Gasteiger partial charge in [-0.3, -0.25) is 10.1 Å². The number of aromatic nitrogens is 4. The lowest BCUT2D eigenvalue weighted by Gasteiger charge is -1.98. The summed E-state index contributed by atoms with van der Waals surface area (Å²) in [5.41, 5.74) is 13.2. The van der Waals surface area contributed by atoms with Gasteiger partial charge in [0.25, 0.3) is 5.69 Å². The maximum absolute atomic E-state index is 10.8. The summed E-state index contributed by atoms with van der Waals surface area (Å²) in [6, 6.07) is 8.09. The summed E-state index contributed by atoms with van der Waals surface area (Å²) in [7, 11) is 0. The maximum Gasteiger partial charge on any atom is 0.269 e. The van der Waals surface area contributed by atoms with E-state index in [0.29, 0.717) is 17.8 Å².